The molecule has 2 N–H and O–H groups in total. The molecule has 3 rings (SSSR count). The van der Waals surface area contributed by atoms with Crippen molar-refractivity contribution in [1.29, 1.82) is 0 Å². The second kappa shape index (κ2) is 11.1. The molecule has 0 aliphatic rings. The molecule has 0 radical (unpaired) electrons. The number of anilines is 2. The van der Waals surface area contributed by atoms with E-state index in [2.05, 4.69) is 9.44 Å². The summed E-state index contributed by atoms with van der Waals surface area (Å²) in [4.78, 5) is -0.617. The summed E-state index contributed by atoms with van der Waals surface area (Å²) in [7, 11) is -7.14. The standard InChI is InChI=1S/C25H30N2O7S2/c1-17(2)33-22-12-8-6-10-20(22)26-35(28,29)19-14-15-24(32-5)25(16-19)36(30,31)27-21-11-7-9-13-23(21)34-18(3)4/h6-18,26-27H,1-5H3. The molecular weight excluding hydrogens is 504 g/mol. The van der Waals surface area contributed by atoms with Gasteiger partial charge in [-0.25, -0.2) is 16.8 Å². The number of ether oxygens (including phenoxy) is 3. The van der Waals surface area contributed by atoms with E-state index >= 15 is 0 Å². The molecule has 0 amide bonds. The summed E-state index contributed by atoms with van der Waals surface area (Å²) in [6, 6.07) is 16.7. The maximum Gasteiger partial charge on any atom is 0.265 e. The molecule has 0 bridgehead atoms. The van der Waals surface area contributed by atoms with Gasteiger partial charge in [0.05, 0.1) is 35.6 Å². The monoisotopic (exact) mass is 534 g/mol. The predicted molar refractivity (Wildman–Crippen MR) is 139 cm³/mol. The predicted octanol–water partition coefficient (Wildman–Crippen LogP) is 4.87. The van der Waals surface area contributed by atoms with Crippen LogP contribution in [-0.2, 0) is 20.0 Å². The Balaban J connectivity index is 2.00. The Labute approximate surface area is 212 Å². The highest BCUT2D eigenvalue weighted by molar-refractivity contribution is 7.93. The third kappa shape index (κ3) is 6.61. The third-order valence-electron chi connectivity index (χ3n) is 4.72. The van der Waals surface area contributed by atoms with Crippen LogP contribution in [0.15, 0.2) is 76.5 Å². The Morgan fingerprint density at radius 1 is 0.639 bits per heavy atom. The van der Waals surface area contributed by atoms with E-state index in [-0.39, 0.29) is 39.1 Å². The molecule has 3 aromatic rings. The van der Waals surface area contributed by atoms with Crippen LogP contribution < -0.4 is 23.7 Å². The largest absolute Gasteiger partial charge is 0.495 e. The number of hydrogen-bond acceptors (Lipinski definition) is 7. The van der Waals surface area contributed by atoms with Crippen molar-refractivity contribution in [3.63, 3.8) is 0 Å². The van der Waals surface area contributed by atoms with Gasteiger partial charge in [0.15, 0.2) is 0 Å². The minimum absolute atomic E-state index is 0.0211. The van der Waals surface area contributed by atoms with Gasteiger partial charge in [0.2, 0.25) is 0 Å². The average Bonchev–Trinajstić information content (AvgIpc) is 2.80. The van der Waals surface area contributed by atoms with Crippen LogP contribution in [0, 0.1) is 0 Å². The van der Waals surface area contributed by atoms with E-state index in [4.69, 9.17) is 14.2 Å². The van der Waals surface area contributed by atoms with E-state index in [9.17, 15) is 16.8 Å². The Morgan fingerprint density at radius 2 is 1.11 bits per heavy atom. The van der Waals surface area contributed by atoms with Gasteiger partial charge < -0.3 is 14.2 Å². The summed E-state index contributed by atoms with van der Waals surface area (Å²) < 4.78 is 74.7. The minimum atomic E-state index is -4.27. The number of hydrogen-bond donors (Lipinski definition) is 2. The van der Waals surface area contributed by atoms with Crippen LogP contribution in [0.2, 0.25) is 0 Å². The van der Waals surface area contributed by atoms with Gasteiger partial charge in [-0.05, 0) is 70.2 Å². The van der Waals surface area contributed by atoms with Crippen molar-refractivity contribution in [3.05, 3.63) is 66.7 Å². The Bertz CT molecular complexity index is 1420. The molecule has 194 valence electrons. The fraction of sp³-hybridized carbons (Fsp3) is 0.280. The Kier molecular flexibility index (Phi) is 8.36. The molecule has 0 saturated carbocycles. The average molecular weight is 535 g/mol. The smallest absolute Gasteiger partial charge is 0.265 e. The van der Waals surface area contributed by atoms with Gasteiger partial charge in [0, 0.05) is 0 Å². The molecule has 36 heavy (non-hydrogen) atoms. The third-order valence-corrected chi connectivity index (χ3v) is 7.47. The molecule has 0 aromatic heterocycles. The lowest BCUT2D eigenvalue weighted by Gasteiger charge is -2.18. The number of nitrogens with one attached hydrogen (secondary N) is 2. The second-order valence-corrected chi connectivity index (χ2v) is 11.7. The number of benzene rings is 3. The number of sulfonamides is 2. The highest BCUT2D eigenvalue weighted by Gasteiger charge is 2.26. The summed E-state index contributed by atoms with van der Waals surface area (Å²) in [5.74, 6) is 0.662. The topological polar surface area (TPSA) is 120 Å². The van der Waals surface area contributed by atoms with Crippen molar-refractivity contribution in [2.75, 3.05) is 16.6 Å². The lowest BCUT2D eigenvalue weighted by Crippen LogP contribution is -2.18. The van der Waals surface area contributed by atoms with Crippen molar-refractivity contribution in [2.24, 2.45) is 0 Å². The van der Waals surface area contributed by atoms with E-state index in [0.717, 1.165) is 6.07 Å². The van der Waals surface area contributed by atoms with Crippen LogP contribution >= 0.6 is 0 Å². The maximum absolute atomic E-state index is 13.4. The SMILES string of the molecule is COc1ccc(S(=O)(=O)Nc2ccccc2OC(C)C)cc1S(=O)(=O)Nc1ccccc1OC(C)C. The fourth-order valence-corrected chi connectivity index (χ4v) is 5.69. The molecule has 0 heterocycles. The van der Waals surface area contributed by atoms with Crippen LogP contribution in [0.5, 0.6) is 17.2 Å². The van der Waals surface area contributed by atoms with E-state index in [1.54, 1.807) is 48.5 Å². The second-order valence-electron chi connectivity index (χ2n) is 8.35. The van der Waals surface area contributed by atoms with Crippen molar-refractivity contribution in [3.8, 4) is 17.2 Å². The van der Waals surface area contributed by atoms with Gasteiger partial charge in [0.1, 0.15) is 22.1 Å². The first-order valence-corrected chi connectivity index (χ1v) is 14.1. The normalized spacial score (nSPS) is 11.9. The molecule has 0 atom stereocenters. The summed E-state index contributed by atoms with van der Waals surface area (Å²) in [6.45, 7) is 7.28. The zero-order valence-electron chi connectivity index (χ0n) is 20.7. The lowest BCUT2D eigenvalue weighted by molar-refractivity contribution is 0.243. The maximum atomic E-state index is 13.4. The van der Waals surface area contributed by atoms with Crippen LogP contribution in [0.1, 0.15) is 27.7 Å². The molecule has 0 fully saturated rings. The Morgan fingerprint density at radius 3 is 1.58 bits per heavy atom. The molecule has 9 nitrogen and oxygen atoms in total. The van der Waals surface area contributed by atoms with E-state index < -0.39 is 20.0 Å². The van der Waals surface area contributed by atoms with Crippen molar-refractivity contribution >= 4 is 31.4 Å². The quantitative estimate of drug-likeness (QED) is 0.360. The first-order valence-electron chi connectivity index (χ1n) is 11.2. The number of rotatable bonds is 11. The van der Waals surface area contributed by atoms with E-state index in [0.29, 0.717) is 11.5 Å². The highest BCUT2D eigenvalue weighted by atomic mass is 32.2. The van der Waals surface area contributed by atoms with E-state index in [1.165, 1.54) is 19.2 Å². The highest BCUT2D eigenvalue weighted by Crippen LogP contribution is 2.33. The molecule has 11 heteroatoms. The van der Waals surface area contributed by atoms with Gasteiger partial charge in [-0.1, -0.05) is 24.3 Å². The summed E-state index contributed by atoms with van der Waals surface area (Å²) in [5.41, 5.74) is 0.434. The molecule has 0 aliphatic heterocycles. The zero-order valence-corrected chi connectivity index (χ0v) is 22.3. The molecule has 0 unspecified atom stereocenters. The van der Waals surface area contributed by atoms with Crippen LogP contribution in [-0.4, -0.2) is 36.2 Å². The van der Waals surface area contributed by atoms with Crippen LogP contribution in [0.3, 0.4) is 0 Å². The van der Waals surface area contributed by atoms with Crippen LogP contribution in [0.25, 0.3) is 0 Å². The van der Waals surface area contributed by atoms with E-state index in [1.807, 2.05) is 27.7 Å². The molecule has 0 saturated heterocycles. The van der Waals surface area contributed by atoms with Gasteiger partial charge in [-0.15, -0.1) is 0 Å². The minimum Gasteiger partial charge on any atom is -0.495 e. The molecule has 0 aliphatic carbocycles. The van der Waals surface area contributed by atoms with Crippen LogP contribution in [0.4, 0.5) is 11.4 Å². The molecule has 0 spiro atoms. The number of methoxy groups -OCH3 is 1. The first kappa shape index (κ1) is 27.2. The lowest BCUT2D eigenvalue weighted by atomic mass is 10.3. The van der Waals surface area contributed by atoms with Crippen molar-refractivity contribution < 1.29 is 31.0 Å². The Hall–Kier alpha value is -3.44. The van der Waals surface area contributed by atoms with Crippen molar-refractivity contribution in [1.82, 2.24) is 0 Å². The first-order chi connectivity index (χ1) is 16.9. The zero-order chi connectivity index (χ0) is 26.5. The summed E-state index contributed by atoms with van der Waals surface area (Å²) >= 11 is 0. The molecular formula is C25H30N2O7S2. The summed E-state index contributed by atoms with van der Waals surface area (Å²) in [6.07, 6.45) is -0.366. The summed E-state index contributed by atoms with van der Waals surface area (Å²) in [5, 5.41) is 0. The van der Waals surface area contributed by atoms with Gasteiger partial charge in [0.25, 0.3) is 20.0 Å². The van der Waals surface area contributed by atoms with Gasteiger partial charge in [-0.3, -0.25) is 9.44 Å². The van der Waals surface area contributed by atoms with Gasteiger partial charge in [-0.2, -0.15) is 0 Å². The molecule has 3 aromatic carbocycles. The number of para-hydroxylation sites is 4. The van der Waals surface area contributed by atoms with Crippen molar-refractivity contribution in [2.45, 2.75) is 49.7 Å². The fourth-order valence-electron chi connectivity index (χ4n) is 3.25. The van der Waals surface area contributed by atoms with Gasteiger partial charge >= 0.3 is 0 Å².